The van der Waals surface area contributed by atoms with Crippen LogP contribution in [0.25, 0.3) is 0 Å². The average molecular weight is 556 g/mol. The molecule has 5 fully saturated rings. The third kappa shape index (κ3) is 8.20. The van der Waals surface area contributed by atoms with Gasteiger partial charge in [0.25, 0.3) is 0 Å². The zero-order valence-corrected chi connectivity index (χ0v) is 25.0. The number of rotatable bonds is 8. The van der Waals surface area contributed by atoms with Gasteiger partial charge in [0.05, 0.1) is 23.9 Å². The van der Waals surface area contributed by atoms with E-state index in [1.165, 1.54) is 5.57 Å². The van der Waals surface area contributed by atoms with Crippen LogP contribution >= 0.6 is 0 Å². The third-order valence-corrected chi connectivity index (χ3v) is 9.22. The number of carbonyl (C=O) groups excluding carboxylic acids is 2. The van der Waals surface area contributed by atoms with E-state index < -0.39 is 5.60 Å². The molecule has 1 spiro atoms. The third-order valence-electron chi connectivity index (χ3n) is 9.22. The van der Waals surface area contributed by atoms with Gasteiger partial charge in [-0.05, 0) is 84.8 Å². The van der Waals surface area contributed by atoms with Crippen LogP contribution in [-0.4, -0.2) is 90.6 Å². The molecule has 8 nitrogen and oxygen atoms in total. The van der Waals surface area contributed by atoms with Gasteiger partial charge >= 0.3 is 6.09 Å². The lowest BCUT2D eigenvalue weighted by Gasteiger charge is -2.38. The number of hydrogen-bond donors (Lipinski definition) is 1. The Hall–Kier alpha value is -2.16. The molecule has 0 aromatic heterocycles. The molecule has 3 saturated heterocycles. The van der Waals surface area contributed by atoms with Crippen molar-refractivity contribution in [3.63, 3.8) is 0 Å². The number of hydrogen-bond acceptors (Lipinski definition) is 6. The summed E-state index contributed by atoms with van der Waals surface area (Å²) in [4.78, 5) is 29.1. The van der Waals surface area contributed by atoms with E-state index in [0.717, 1.165) is 77.5 Å². The lowest BCUT2D eigenvalue weighted by Crippen LogP contribution is -2.48. The Morgan fingerprint density at radius 3 is 2.40 bits per heavy atom. The lowest BCUT2D eigenvalue weighted by atomic mass is 9.83. The van der Waals surface area contributed by atoms with E-state index >= 15 is 0 Å². The normalized spacial score (nSPS) is 33.9. The fourth-order valence-electron chi connectivity index (χ4n) is 6.49. The zero-order valence-electron chi connectivity index (χ0n) is 25.0. The molecule has 40 heavy (non-hydrogen) atoms. The summed E-state index contributed by atoms with van der Waals surface area (Å²) in [7, 11) is 2.06. The van der Waals surface area contributed by atoms with E-state index in [4.69, 9.17) is 14.2 Å². The molecule has 3 heterocycles. The minimum atomic E-state index is -0.597. The molecule has 5 rings (SSSR count). The first-order valence-corrected chi connectivity index (χ1v) is 15.4. The second kappa shape index (κ2) is 12.0. The minimum Gasteiger partial charge on any atom is -0.439 e. The van der Waals surface area contributed by atoms with Crippen LogP contribution in [0.5, 0.6) is 0 Å². The Morgan fingerprint density at radius 2 is 1.75 bits per heavy atom. The van der Waals surface area contributed by atoms with Crippen molar-refractivity contribution in [1.29, 1.82) is 0 Å². The van der Waals surface area contributed by atoms with Crippen LogP contribution < -0.4 is 5.32 Å². The first kappa shape index (κ1) is 29.3. The van der Waals surface area contributed by atoms with E-state index in [0.29, 0.717) is 19.0 Å². The zero-order chi connectivity index (χ0) is 28.4. The van der Waals surface area contributed by atoms with Crippen LogP contribution in [-0.2, 0) is 19.0 Å². The standard InChI is InChI=1S/C32H49N3O5/c1-24(6-12-27-21-32(23-38-32)22-30(2,3)39-27)5-7-25-8-10-26(11-9-25)33-28(36)13-14-31(15-16-31)40-29(37)35-19-17-34(4)18-20-35/h5-6,12-14,25-27H,7-11,15-23H2,1-4H3,(H,33,36)/b12-6+,14-13-,24-5+/t25?,26?,27-,32-/m1/s1. The number of piperazine rings is 1. The van der Waals surface area contributed by atoms with Crippen molar-refractivity contribution in [3.8, 4) is 0 Å². The fraction of sp³-hybridized carbons (Fsp3) is 0.750. The summed E-state index contributed by atoms with van der Waals surface area (Å²) in [6.45, 7) is 10.5. The van der Waals surface area contributed by atoms with Crippen LogP contribution in [0.4, 0.5) is 4.79 Å². The van der Waals surface area contributed by atoms with E-state index in [1.807, 2.05) is 0 Å². The van der Waals surface area contributed by atoms with Crippen LogP contribution in [0.15, 0.2) is 36.0 Å². The van der Waals surface area contributed by atoms with Gasteiger partial charge in [-0.3, -0.25) is 4.79 Å². The van der Waals surface area contributed by atoms with Crippen molar-refractivity contribution in [2.24, 2.45) is 5.92 Å². The van der Waals surface area contributed by atoms with Crippen LogP contribution in [0.2, 0.25) is 0 Å². The maximum Gasteiger partial charge on any atom is 0.410 e. The highest BCUT2D eigenvalue weighted by Gasteiger charge is 2.53. The number of allylic oxidation sites excluding steroid dienone is 3. The van der Waals surface area contributed by atoms with Crippen molar-refractivity contribution >= 4 is 12.0 Å². The number of nitrogens with one attached hydrogen (secondary N) is 1. The SMILES string of the molecule is CC(/C=C/[C@@H]1C[C@]2(CO2)CC(C)(C)O1)=C\CC1CCC(NC(=O)/C=C\C2(OC(=O)N3CCN(C)CC3)CC2)CC1. The molecule has 5 aliphatic rings. The van der Waals surface area contributed by atoms with Gasteiger partial charge in [-0.2, -0.15) is 0 Å². The molecule has 0 unspecified atom stereocenters. The highest BCUT2D eigenvalue weighted by atomic mass is 16.6. The van der Waals surface area contributed by atoms with E-state index in [9.17, 15) is 9.59 Å². The molecular weight excluding hydrogens is 506 g/mol. The Morgan fingerprint density at radius 1 is 1.05 bits per heavy atom. The van der Waals surface area contributed by atoms with Crippen LogP contribution in [0, 0.1) is 5.92 Å². The minimum absolute atomic E-state index is 0.0505. The van der Waals surface area contributed by atoms with Crippen LogP contribution in [0.3, 0.4) is 0 Å². The fourth-order valence-corrected chi connectivity index (χ4v) is 6.49. The van der Waals surface area contributed by atoms with E-state index in [-0.39, 0.29) is 35.3 Å². The predicted octanol–water partition coefficient (Wildman–Crippen LogP) is 4.75. The van der Waals surface area contributed by atoms with Gasteiger partial charge in [-0.15, -0.1) is 0 Å². The number of amides is 2. The van der Waals surface area contributed by atoms with Crippen molar-refractivity contribution in [2.75, 3.05) is 39.8 Å². The molecule has 0 aromatic carbocycles. The molecule has 8 heteroatoms. The molecule has 2 amide bonds. The van der Waals surface area contributed by atoms with Gasteiger partial charge in [0.15, 0.2) is 0 Å². The first-order chi connectivity index (χ1) is 19.0. The van der Waals surface area contributed by atoms with Gasteiger partial charge in [0.1, 0.15) is 5.60 Å². The summed E-state index contributed by atoms with van der Waals surface area (Å²) in [5.41, 5.74) is 0.595. The van der Waals surface area contributed by atoms with Gasteiger partial charge in [-0.25, -0.2) is 4.79 Å². The summed E-state index contributed by atoms with van der Waals surface area (Å²) < 4.78 is 17.8. The highest BCUT2D eigenvalue weighted by Crippen LogP contribution is 2.46. The van der Waals surface area contributed by atoms with Crippen molar-refractivity contribution in [2.45, 2.75) is 108 Å². The summed E-state index contributed by atoms with van der Waals surface area (Å²) in [6, 6.07) is 0.213. The average Bonchev–Trinajstić information content (AvgIpc) is 3.84. The molecule has 2 atom stereocenters. The van der Waals surface area contributed by atoms with Gasteiger partial charge in [0, 0.05) is 51.1 Å². The maximum atomic E-state index is 12.6. The van der Waals surface area contributed by atoms with E-state index in [1.54, 1.807) is 17.1 Å². The molecule has 222 valence electrons. The topological polar surface area (TPSA) is 83.6 Å². The van der Waals surface area contributed by atoms with Crippen molar-refractivity contribution < 1.29 is 23.8 Å². The molecule has 0 radical (unpaired) electrons. The number of epoxide rings is 1. The molecule has 1 N–H and O–H groups in total. The smallest absolute Gasteiger partial charge is 0.410 e. The van der Waals surface area contributed by atoms with Gasteiger partial charge in [-0.1, -0.05) is 23.8 Å². The first-order valence-electron chi connectivity index (χ1n) is 15.4. The molecule has 0 aromatic rings. The van der Waals surface area contributed by atoms with Crippen molar-refractivity contribution in [3.05, 3.63) is 36.0 Å². The summed E-state index contributed by atoms with van der Waals surface area (Å²) >= 11 is 0. The van der Waals surface area contributed by atoms with Gasteiger partial charge in [0.2, 0.25) is 5.91 Å². The molecule has 3 aliphatic heterocycles. The Balaban J connectivity index is 0.994. The Kier molecular flexibility index (Phi) is 8.79. The van der Waals surface area contributed by atoms with E-state index in [2.05, 4.69) is 56.3 Å². The Bertz CT molecular complexity index is 1000. The largest absolute Gasteiger partial charge is 0.439 e. The van der Waals surface area contributed by atoms with Gasteiger partial charge < -0.3 is 29.3 Å². The number of likely N-dealkylation sites (N-methyl/N-ethyl adjacent to an activating group) is 1. The molecule has 2 saturated carbocycles. The summed E-state index contributed by atoms with van der Waals surface area (Å²) in [6.07, 6.45) is 18.8. The highest BCUT2D eigenvalue weighted by molar-refractivity contribution is 5.88. The maximum absolute atomic E-state index is 12.6. The lowest BCUT2D eigenvalue weighted by molar-refractivity contribution is -0.117. The molecule has 2 aliphatic carbocycles. The summed E-state index contributed by atoms with van der Waals surface area (Å²) in [5, 5.41) is 3.17. The second-order valence-electron chi connectivity index (χ2n) is 13.6. The van der Waals surface area contributed by atoms with Crippen molar-refractivity contribution in [1.82, 2.24) is 15.1 Å². The number of ether oxygens (including phenoxy) is 3. The second-order valence-corrected chi connectivity index (χ2v) is 13.6. The number of carbonyl (C=O) groups is 2. The van der Waals surface area contributed by atoms with Crippen LogP contribution in [0.1, 0.15) is 78.6 Å². The Labute approximate surface area is 240 Å². The quantitative estimate of drug-likeness (QED) is 0.264. The summed E-state index contributed by atoms with van der Waals surface area (Å²) in [5.74, 6) is 0.571. The predicted molar refractivity (Wildman–Crippen MR) is 155 cm³/mol. The molecule has 0 bridgehead atoms. The number of nitrogens with zero attached hydrogens (tertiary/aromatic N) is 2. The monoisotopic (exact) mass is 555 g/mol. The molecular formula is C32H49N3O5.